The van der Waals surface area contributed by atoms with Crippen molar-refractivity contribution in [3.05, 3.63) is 42.6 Å². The van der Waals surface area contributed by atoms with E-state index in [1.807, 2.05) is 6.07 Å². The minimum atomic E-state index is -3.66. The molecule has 0 bridgehead atoms. The Hall–Kier alpha value is -2.28. The number of anilines is 2. The SMILES string of the molecule is CCN(CC)c1ccc(NS(=O)(=O)c2ccc(OC)cc2)nc1. The number of rotatable bonds is 7. The highest BCUT2D eigenvalue weighted by molar-refractivity contribution is 7.92. The number of aromatic nitrogens is 1. The van der Waals surface area contributed by atoms with Crippen molar-refractivity contribution in [3.63, 3.8) is 0 Å². The third-order valence-corrected chi connectivity index (χ3v) is 4.86. The van der Waals surface area contributed by atoms with Crippen LogP contribution in [0, 0.1) is 0 Å². The molecule has 0 aliphatic heterocycles. The fraction of sp³-hybridized carbons (Fsp3) is 0.312. The Morgan fingerprint density at radius 1 is 1.09 bits per heavy atom. The molecule has 0 aliphatic rings. The van der Waals surface area contributed by atoms with E-state index in [0.29, 0.717) is 5.75 Å². The minimum absolute atomic E-state index is 0.160. The highest BCUT2D eigenvalue weighted by atomic mass is 32.2. The fourth-order valence-electron chi connectivity index (χ4n) is 2.17. The number of pyridine rings is 1. The summed E-state index contributed by atoms with van der Waals surface area (Å²) >= 11 is 0. The Labute approximate surface area is 137 Å². The van der Waals surface area contributed by atoms with Crippen LogP contribution in [0.1, 0.15) is 13.8 Å². The molecule has 2 aromatic rings. The standard InChI is InChI=1S/C16H21N3O3S/c1-4-19(5-2)13-6-11-16(17-12-13)18-23(20,21)15-9-7-14(22-3)8-10-15/h6-12H,4-5H2,1-3H3,(H,17,18). The maximum absolute atomic E-state index is 12.3. The third kappa shape index (κ3) is 4.13. The number of ether oxygens (including phenoxy) is 1. The van der Waals surface area contributed by atoms with E-state index < -0.39 is 10.0 Å². The van der Waals surface area contributed by atoms with Crippen LogP contribution in [0.2, 0.25) is 0 Å². The van der Waals surface area contributed by atoms with E-state index in [0.717, 1.165) is 18.8 Å². The van der Waals surface area contributed by atoms with Crippen molar-refractivity contribution in [3.8, 4) is 5.75 Å². The number of benzene rings is 1. The summed E-state index contributed by atoms with van der Waals surface area (Å²) in [6.45, 7) is 5.86. The topological polar surface area (TPSA) is 71.5 Å². The van der Waals surface area contributed by atoms with Crippen molar-refractivity contribution in [1.82, 2.24) is 4.98 Å². The van der Waals surface area contributed by atoms with Gasteiger partial charge in [-0.25, -0.2) is 13.4 Å². The van der Waals surface area contributed by atoms with E-state index >= 15 is 0 Å². The van der Waals surface area contributed by atoms with E-state index in [1.54, 1.807) is 24.4 Å². The Bertz CT molecular complexity index is 724. The summed E-state index contributed by atoms with van der Waals surface area (Å²) in [4.78, 5) is 6.48. The first-order valence-corrected chi connectivity index (χ1v) is 8.86. The van der Waals surface area contributed by atoms with Gasteiger partial charge in [-0.3, -0.25) is 4.72 Å². The van der Waals surface area contributed by atoms with Crippen LogP contribution >= 0.6 is 0 Å². The molecule has 23 heavy (non-hydrogen) atoms. The third-order valence-electron chi connectivity index (χ3n) is 3.49. The minimum Gasteiger partial charge on any atom is -0.497 e. The number of nitrogens with zero attached hydrogens (tertiary/aromatic N) is 2. The molecule has 0 saturated heterocycles. The van der Waals surface area contributed by atoms with Gasteiger partial charge in [0.15, 0.2) is 0 Å². The number of nitrogens with one attached hydrogen (secondary N) is 1. The number of methoxy groups -OCH3 is 1. The molecule has 6 nitrogen and oxygen atoms in total. The Morgan fingerprint density at radius 2 is 1.74 bits per heavy atom. The summed E-state index contributed by atoms with van der Waals surface area (Å²) in [6, 6.07) is 9.70. The molecule has 0 aliphatic carbocycles. The summed E-state index contributed by atoms with van der Waals surface area (Å²) in [5.74, 6) is 0.891. The van der Waals surface area contributed by atoms with Gasteiger partial charge in [0.1, 0.15) is 11.6 Å². The molecule has 0 unspecified atom stereocenters. The van der Waals surface area contributed by atoms with Gasteiger partial charge >= 0.3 is 0 Å². The molecule has 0 fully saturated rings. The Kier molecular flexibility index (Phi) is 5.44. The zero-order valence-corrected chi connectivity index (χ0v) is 14.3. The van der Waals surface area contributed by atoms with Gasteiger partial charge in [-0.15, -0.1) is 0 Å². The van der Waals surface area contributed by atoms with Gasteiger partial charge in [-0.1, -0.05) is 0 Å². The summed E-state index contributed by atoms with van der Waals surface area (Å²) in [7, 11) is -2.13. The van der Waals surface area contributed by atoms with Crippen LogP contribution < -0.4 is 14.4 Å². The molecular formula is C16H21N3O3S. The van der Waals surface area contributed by atoms with Crippen LogP contribution in [0.4, 0.5) is 11.5 Å². The molecule has 0 radical (unpaired) electrons. The second kappa shape index (κ2) is 7.32. The number of hydrogen-bond donors (Lipinski definition) is 1. The van der Waals surface area contributed by atoms with Gasteiger partial charge in [-0.2, -0.15) is 0 Å². The summed E-state index contributed by atoms with van der Waals surface area (Å²) < 4.78 is 32.2. The lowest BCUT2D eigenvalue weighted by atomic mass is 10.3. The largest absolute Gasteiger partial charge is 0.497 e. The van der Waals surface area contributed by atoms with Gasteiger partial charge in [0, 0.05) is 13.1 Å². The van der Waals surface area contributed by atoms with Gasteiger partial charge in [0.2, 0.25) is 0 Å². The van der Waals surface area contributed by atoms with Gasteiger partial charge in [0.25, 0.3) is 10.0 Å². The fourth-order valence-corrected chi connectivity index (χ4v) is 3.18. The van der Waals surface area contributed by atoms with Crippen molar-refractivity contribution in [1.29, 1.82) is 0 Å². The monoisotopic (exact) mass is 335 g/mol. The summed E-state index contributed by atoms with van der Waals surface area (Å²) in [5.41, 5.74) is 0.961. The maximum atomic E-state index is 12.3. The quantitative estimate of drug-likeness (QED) is 0.842. The van der Waals surface area contributed by atoms with E-state index in [4.69, 9.17) is 4.74 Å². The van der Waals surface area contributed by atoms with Crippen LogP contribution in [-0.4, -0.2) is 33.6 Å². The van der Waals surface area contributed by atoms with E-state index in [2.05, 4.69) is 28.5 Å². The zero-order chi connectivity index (χ0) is 16.9. The number of sulfonamides is 1. The normalized spacial score (nSPS) is 11.1. The first kappa shape index (κ1) is 17.1. The van der Waals surface area contributed by atoms with Crippen molar-refractivity contribution in [2.24, 2.45) is 0 Å². The molecule has 1 N–H and O–H groups in total. The predicted molar refractivity (Wildman–Crippen MR) is 91.6 cm³/mol. The summed E-state index contributed by atoms with van der Waals surface area (Å²) in [5, 5.41) is 0. The molecule has 2 rings (SSSR count). The lowest BCUT2D eigenvalue weighted by molar-refractivity contribution is 0.414. The second-order valence-corrected chi connectivity index (χ2v) is 6.54. The van der Waals surface area contributed by atoms with Gasteiger partial charge in [0.05, 0.1) is 23.9 Å². The van der Waals surface area contributed by atoms with Crippen LogP contribution in [0.5, 0.6) is 5.75 Å². The smallest absolute Gasteiger partial charge is 0.263 e. The lowest BCUT2D eigenvalue weighted by Gasteiger charge is -2.20. The number of hydrogen-bond acceptors (Lipinski definition) is 5. The molecule has 1 aromatic heterocycles. The van der Waals surface area contributed by atoms with Crippen molar-refractivity contribution in [2.45, 2.75) is 18.7 Å². The Morgan fingerprint density at radius 3 is 2.22 bits per heavy atom. The first-order valence-electron chi connectivity index (χ1n) is 7.38. The van der Waals surface area contributed by atoms with Gasteiger partial charge < -0.3 is 9.64 Å². The highest BCUT2D eigenvalue weighted by Crippen LogP contribution is 2.20. The molecule has 124 valence electrons. The first-order chi connectivity index (χ1) is 11.0. The Balaban J connectivity index is 2.16. The molecular weight excluding hydrogens is 314 g/mol. The van der Waals surface area contributed by atoms with E-state index in [1.165, 1.54) is 19.2 Å². The average molecular weight is 335 g/mol. The van der Waals surface area contributed by atoms with Crippen molar-refractivity contribution in [2.75, 3.05) is 29.8 Å². The predicted octanol–water partition coefficient (Wildman–Crippen LogP) is 2.74. The zero-order valence-electron chi connectivity index (χ0n) is 13.5. The van der Waals surface area contributed by atoms with Crippen LogP contribution in [0.3, 0.4) is 0 Å². The molecule has 1 heterocycles. The van der Waals surface area contributed by atoms with Gasteiger partial charge in [-0.05, 0) is 50.2 Å². The van der Waals surface area contributed by atoms with Crippen LogP contribution in [-0.2, 0) is 10.0 Å². The van der Waals surface area contributed by atoms with Crippen LogP contribution in [0.15, 0.2) is 47.5 Å². The highest BCUT2D eigenvalue weighted by Gasteiger charge is 2.15. The van der Waals surface area contributed by atoms with Crippen molar-refractivity contribution < 1.29 is 13.2 Å². The molecule has 0 saturated carbocycles. The lowest BCUT2D eigenvalue weighted by Crippen LogP contribution is -2.22. The molecule has 0 atom stereocenters. The molecule has 0 amide bonds. The van der Waals surface area contributed by atoms with E-state index in [-0.39, 0.29) is 10.7 Å². The summed E-state index contributed by atoms with van der Waals surface area (Å²) in [6.07, 6.45) is 1.67. The average Bonchev–Trinajstić information content (AvgIpc) is 2.57. The van der Waals surface area contributed by atoms with Crippen LogP contribution in [0.25, 0.3) is 0 Å². The maximum Gasteiger partial charge on any atom is 0.263 e. The molecule has 7 heteroatoms. The van der Waals surface area contributed by atoms with Crippen molar-refractivity contribution >= 4 is 21.5 Å². The van der Waals surface area contributed by atoms with E-state index in [9.17, 15) is 8.42 Å². The second-order valence-electron chi connectivity index (χ2n) is 4.85. The molecule has 1 aromatic carbocycles. The molecule has 0 spiro atoms.